The van der Waals surface area contributed by atoms with E-state index in [2.05, 4.69) is 20.8 Å². The summed E-state index contributed by atoms with van der Waals surface area (Å²) in [6.07, 6.45) is 6.28. The Kier molecular flexibility index (Phi) is 5.12. The molecule has 2 fully saturated rings. The number of piperidine rings is 1. The number of halogens is 3. The van der Waals surface area contributed by atoms with Crippen LogP contribution in [-0.4, -0.2) is 36.7 Å². The normalized spacial score (nSPS) is 22.6. The summed E-state index contributed by atoms with van der Waals surface area (Å²) in [7, 11) is 0. The van der Waals surface area contributed by atoms with Gasteiger partial charge in [-0.2, -0.15) is 5.10 Å². The average Bonchev–Trinajstić information content (AvgIpc) is 3.30. The van der Waals surface area contributed by atoms with E-state index >= 15 is 0 Å². The van der Waals surface area contributed by atoms with Crippen molar-refractivity contribution in [3.8, 4) is 16.9 Å². The van der Waals surface area contributed by atoms with Crippen LogP contribution in [-0.2, 0) is 0 Å². The number of anilines is 1. The largest absolute Gasteiger partial charge is 0.349 e. The van der Waals surface area contributed by atoms with Gasteiger partial charge in [0.15, 0.2) is 11.3 Å². The van der Waals surface area contributed by atoms with Crippen LogP contribution in [0, 0.1) is 0 Å². The lowest BCUT2D eigenvalue weighted by Crippen LogP contribution is -2.44. The summed E-state index contributed by atoms with van der Waals surface area (Å²) < 4.78 is 1.90. The first-order chi connectivity index (χ1) is 15.6. The molecule has 0 amide bonds. The number of para-hydroxylation sites is 1. The van der Waals surface area contributed by atoms with Gasteiger partial charge in [0.05, 0.1) is 10.7 Å². The Morgan fingerprint density at radius 2 is 1.59 bits per heavy atom. The maximum Gasteiger partial charge on any atom is 0.161 e. The quantitative estimate of drug-likeness (QED) is 0.278. The van der Waals surface area contributed by atoms with Gasteiger partial charge < -0.3 is 4.90 Å². The molecular weight excluding hydrogens is 509 g/mol. The van der Waals surface area contributed by atoms with Gasteiger partial charge in [-0.3, -0.25) is 0 Å². The first-order valence-corrected chi connectivity index (χ1v) is 12.4. The molecule has 6 rings (SSSR count). The Morgan fingerprint density at radius 1 is 0.875 bits per heavy atom. The number of hydrogen-bond donors (Lipinski definition) is 0. The molecule has 32 heavy (non-hydrogen) atoms. The number of benzene rings is 2. The minimum atomic E-state index is 0.473. The summed E-state index contributed by atoms with van der Waals surface area (Å²) >= 11 is 16.6. The van der Waals surface area contributed by atoms with E-state index in [1.165, 1.54) is 12.8 Å². The zero-order valence-corrected chi connectivity index (χ0v) is 20.2. The van der Waals surface area contributed by atoms with Crippen molar-refractivity contribution in [1.82, 2.24) is 19.7 Å². The number of alkyl halides is 1. The number of fused-ring (bicyclic) bond motifs is 3. The van der Waals surface area contributed by atoms with Crippen LogP contribution in [0.4, 0.5) is 5.82 Å². The highest BCUT2D eigenvalue weighted by Gasteiger charge is 2.42. The van der Waals surface area contributed by atoms with Crippen LogP contribution in [0.5, 0.6) is 0 Å². The molecule has 0 saturated carbocycles. The van der Waals surface area contributed by atoms with Crippen LogP contribution in [0.25, 0.3) is 28.0 Å². The number of nitrogens with zero attached hydrogens (tertiary/aromatic N) is 5. The molecule has 2 bridgehead atoms. The van der Waals surface area contributed by atoms with Crippen molar-refractivity contribution >= 4 is 56.0 Å². The van der Waals surface area contributed by atoms with Crippen LogP contribution in [0.2, 0.25) is 10.0 Å². The Hall–Kier alpha value is -2.15. The van der Waals surface area contributed by atoms with Crippen LogP contribution in [0.1, 0.15) is 25.7 Å². The summed E-state index contributed by atoms with van der Waals surface area (Å²) in [4.78, 5) is 12.5. The molecule has 2 saturated heterocycles. The fraction of sp³-hybridized carbons (Fsp3) is 0.292. The average molecular weight is 529 g/mol. The molecule has 162 valence electrons. The first-order valence-electron chi connectivity index (χ1n) is 10.8. The van der Waals surface area contributed by atoms with Gasteiger partial charge >= 0.3 is 0 Å². The van der Waals surface area contributed by atoms with E-state index in [1.807, 2.05) is 53.2 Å². The van der Waals surface area contributed by atoms with Gasteiger partial charge in [0.2, 0.25) is 0 Å². The van der Waals surface area contributed by atoms with Gasteiger partial charge in [0.25, 0.3) is 0 Å². The van der Waals surface area contributed by atoms with Gasteiger partial charge in [-0.25, -0.2) is 14.6 Å². The second-order valence-corrected chi connectivity index (χ2v) is 10.6. The molecular formula is C24H20BrCl2N5. The summed E-state index contributed by atoms with van der Waals surface area (Å²) in [5, 5.41) is 6.37. The molecule has 2 aliphatic heterocycles. The van der Waals surface area contributed by atoms with Crippen molar-refractivity contribution < 1.29 is 0 Å². The Balaban J connectivity index is 1.60. The zero-order chi connectivity index (χ0) is 21.8. The van der Waals surface area contributed by atoms with Gasteiger partial charge in [-0.15, -0.1) is 0 Å². The minimum Gasteiger partial charge on any atom is -0.349 e. The second kappa shape index (κ2) is 8.01. The summed E-state index contributed by atoms with van der Waals surface area (Å²) in [5.74, 6) is 0.919. The summed E-state index contributed by atoms with van der Waals surface area (Å²) in [6, 6.07) is 16.4. The van der Waals surface area contributed by atoms with E-state index < -0.39 is 0 Å². The van der Waals surface area contributed by atoms with Gasteiger partial charge in [0.1, 0.15) is 17.5 Å². The molecule has 5 nitrogen and oxygen atoms in total. The third-order valence-electron chi connectivity index (χ3n) is 6.56. The van der Waals surface area contributed by atoms with E-state index in [4.69, 9.17) is 38.3 Å². The van der Waals surface area contributed by atoms with E-state index in [-0.39, 0.29) is 0 Å². The smallest absolute Gasteiger partial charge is 0.161 e. The van der Waals surface area contributed by atoms with Crippen molar-refractivity contribution in [2.45, 2.75) is 42.6 Å². The van der Waals surface area contributed by atoms with Crippen LogP contribution in [0.3, 0.4) is 0 Å². The molecule has 2 aromatic heterocycles. The minimum absolute atomic E-state index is 0.473. The van der Waals surface area contributed by atoms with Gasteiger partial charge in [-0.1, -0.05) is 63.4 Å². The highest BCUT2D eigenvalue weighted by molar-refractivity contribution is 9.09. The monoisotopic (exact) mass is 527 g/mol. The van der Waals surface area contributed by atoms with Gasteiger partial charge in [-0.05, 0) is 49.9 Å². The maximum atomic E-state index is 6.60. The molecule has 0 aliphatic carbocycles. The van der Waals surface area contributed by atoms with Crippen molar-refractivity contribution in [2.24, 2.45) is 0 Å². The predicted octanol–water partition coefficient (Wildman–Crippen LogP) is 6.68. The lowest BCUT2D eigenvalue weighted by molar-refractivity contribution is 0.480. The fourth-order valence-electron chi connectivity index (χ4n) is 5.20. The van der Waals surface area contributed by atoms with Crippen molar-refractivity contribution in [1.29, 1.82) is 0 Å². The Bertz CT molecular complexity index is 1290. The van der Waals surface area contributed by atoms with E-state index in [1.54, 1.807) is 6.33 Å². The number of rotatable bonds is 3. The molecule has 2 atom stereocenters. The highest BCUT2D eigenvalue weighted by Crippen LogP contribution is 2.43. The van der Waals surface area contributed by atoms with E-state index in [9.17, 15) is 0 Å². The zero-order valence-electron chi connectivity index (χ0n) is 17.1. The van der Waals surface area contributed by atoms with Crippen LogP contribution in [0.15, 0.2) is 54.9 Å². The Morgan fingerprint density at radius 3 is 2.31 bits per heavy atom. The van der Waals surface area contributed by atoms with Crippen LogP contribution >= 0.6 is 39.1 Å². The molecule has 2 aromatic carbocycles. The van der Waals surface area contributed by atoms with Crippen molar-refractivity contribution in [3.05, 3.63) is 64.9 Å². The number of hydrogen-bond acceptors (Lipinski definition) is 4. The topological polar surface area (TPSA) is 46.8 Å². The molecule has 4 heterocycles. The molecule has 2 unspecified atom stereocenters. The Labute approximate surface area is 204 Å². The summed E-state index contributed by atoms with van der Waals surface area (Å²) in [6.45, 7) is 0. The van der Waals surface area contributed by atoms with Crippen molar-refractivity contribution in [3.63, 3.8) is 0 Å². The molecule has 0 spiro atoms. The SMILES string of the molecule is Clc1ccc(-c2c3ncnc(N4C5CCC4CC(Br)C5)c3nn2-c2ccccc2Cl)cc1. The molecule has 8 heteroatoms. The standard InChI is InChI=1S/C24H20BrCl2N5/c25-15-11-17-9-10-18(12-15)31(17)24-22-21(28-13-29-24)23(14-5-7-16(26)8-6-14)32(30-22)20-4-2-1-3-19(20)27/h1-8,13,15,17-18H,9-12H2. The summed E-state index contributed by atoms with van der Waals surface area (Å²) in [5.41, 5.74) is 4.30. The lowest BCUT2D eigenvalue weighted by atomic mass is 10.0. The third kappa shape index (κ3) is 3.31. The lowest BCUT2D eigenvalue weighted by Gasteiger charge is -2.38. The van der Waals surface area contributed by atoms with Gasteiger partial charge in [0, 0.05) is 27.5 Å². The first kappa shape index (κ1) is 20.5. The van der Waals surface area contributed by atoms with E-state index in [0.29, 0.717) is 27.0 Å². The fourth-order valence-corrected chi connectivity index (χ4v) is 6.40. The maximum absolute atomic E-state index is 6.60. The molecule has 4 aromatic rings. The molecule has 0 N–H and O–H groups in total. The molecule has 2 aliphatic rings. The van der Waals surface area contributed by atoms with E-state index in [0.717, 1.165) is 46.6 Å². The third-order valence-corrected chi connectivity index (χ3v) is 7.88. The predicted molar refractivity (Wildman–Crippen MR) is 133 cm³/mol. The van der Waals surface area contributed by atoms with Crippen molar-refractivity contribution in [2.75, 3.05) is 4.90 Å². The number of aromatic nitrogens is 4. The van der Waals surface area contributed by atoms with Crippen LogP contribution < -0.4 is 4.90 Å². The molecule has 0 radical (unpaired) electrons. The highest BCUT2D eigenvalue weighted by atomic mass is 79.9. The second-order valence-electron chi connectivity index (χ2n) is 8.47.